The molecule has 10 bridgehead atoms. The lowest BCUT2D eigenvalue weighted by atomic mass is 10.0. The number of aliphatic carboxylic acids is 1. The Morgan fingerprint density at radius 2 is 1.40 bits per heavy atom. The van der Waals surface area contributed by atoms with Gasteiger partial charge in [0.1, 0.15) is 84.0 Å². The molecule has 8 aromatic rings. The van der Waals surface area contributed by atoms with E-state index in [0.717, 1.165) is 28.2 Å². The minimum Gasteiger partial charge on any atom is -0.508 e. The Morgan fingerprint density at radius 1 is 0.722 bits per heavy atom. The molecule has 0 spiro atoms. The van der Waals surface area contributed by atoms with Crippen LogP contribution in [-0.2, 0) is 36.8 Å². The number of thioether (sulfide) groups is 1. The number of nitrogens with one attached hydrogen (secondary N) is 5. The molecule has 7 atom stereocenters. The van der Waals surface area contributed by atoms with Crippen LogP contribution in [0.3, 0.4) is 0 Å². The maximum Gasteiger partial charge on any atom is 0.351 e. The summed E-state index contributed by atoms with van der Waals surface area (Å²) in [7, 11) is 0. The zero-order valence-electron chi connectivity index (χ0n) is 47.4. The van der Waals surface area contributed by atoms with Crippen molar-refractivity contribution in [3.05, 3.63) is 157 Å². The van der Waals surface area contributed by atoms with E-state index in [1.807, 2.05) is 42.6 Å². The number of aryl methyl sites for hydroxylation is 1. The molecule has 0 aliphatic carbocycles. The lowest BCUT2D eigenvalue weighted by molar-refractivity contribution is -0.145. The van der Waals surface area contributed by atoms with Gasteiger partial charge in [0, 0.05) is 33.7 Å². The predicted octanol–water partition coefficient (Wildman–Crippen LogP) is 5.71. The fourth-order valence-electron chi connectivity index (χ4n) is 10.1. The number of aromatic nitrogens is 6. The Balaban J connectivity index is 0.983. The minimum atomic E-state index is -1.49. The van der Waals surface area contributed by atoms with Crippen molar-refractivity contribution < 1.29 is 58.1 Å². The molecule has 3 aliphatic heterocycles. The first-order valence-corrected chi connectivity index (χ1v) is 31.9. The molecule has 3 aliphatic rings. The van der Waals surface area contributed by atoms with Crippen LogP contribution >= 0.6 is 57.1 Å². The number of fused-ring (bicyclic) bond motifs is 15. The summed E-state index contributed by atoms with van der Waals surface area (Å²) in [4.78, 5) is 143. The number of nitrogens with zero attached hydrogens (tertiary/aromatic N) is 8. The van der Waals surface area contributed by atoms with Gasteiger partial charge in [-0.2, -0.15) is 0 Å². The largest absolute Gasteiger partial charge is 0.508 e. The number of aliphatic imine (C=N–C) groups is 1. The molecular formula is C59H52N14O12S5. The Bertz CT molecular complexity index is 4230. The van der Waals surface area contributed by atoms with Gasteiger partial charge in [0.15, 0.2) is 5.69 Å². The highest BCUT2D eigenvalue weighted by molar-refractivity contribution is 8.14. The summed E-state index contributed by atoms with van der Waals surface area (Å²) >= 11 is 5.74. The van der Waals surface area contributed by atoms with Crippen molar-refractivity contribution in [2.24, 2.45) is 16.6 Å². The van der Waals surface area contributed by atoms with Crippen LogP contribution in [0.1, 0.15) is 90.2 Å². The Labute approximate surface area is 531 Å². The van der Waals surface area contributed by atoms with Gasteiger partial charge >= 0.3 is 5.97 Å². The third kappa shape index (κ3) is 13.5. The number of carbonyl (C=O) groups excluding carboxylic acids is 7. The summed E-state index contributed by atoms with van der Waals surface area (Å²) < 4.78 is 6.21. The van der Waals surface area contributed by atoms with Crippen molar-refractivity contribution in [3.8, 4) is 50.0 Å². The average molecular weight is 1310 g/mol. The minimum absolute atomic E-state index is 0.00465. The van der Waals surface area contributed by atoms with Crippen LogP contribution in [-0.4, -0.2) is 133 Å². The van der Waals surface area contributed by atoms with E-state index >= 15 is 4.79 Å². The molecule has 1 saturated heterocycles. The normalized spacial score (nSPS) is 20.2. The van der Waals surface area contributed by atoms with Crippen LogP contribution < -0.4 is 32.3 Å². The highest BCUT2D eigenvalue weighted by Gasteiger charge is 2.46. The van der Waals surface area contributed by atoms with Crippen molar-refractivity contribution >= 4 is 109 Å². The zero-order chi connectivity index (χ0) is 63.7. The third-order valence-corrected chi connectivity index (χ3v) is 19.3. The number of aromatic hydroxyl groups is 1. The molecule has 26 nitrogen and oxygen atoms in total. The predicted molar refractivity (Wildman–Crippen MR) is 334 cm³/mol. The summed E-state index contributed by atoms with van der Waals surface area (Å²) in [6.45, 7) is 10.2. The Hall–Kier alpha value is -9.66. The van der Waals surface area contributed by atoms with E-state index in [2.05, 4.69) is 49.4 Å². The number of rotatable bonds is 12. The number of carboxylic acid groups (broad SMARTS) is 1. The van der Waals surface area contributed by atoms with E-state index in [-0.39, 0.29) is 98.1 Å². The van der Waals surface area contributed by atoms with Crippen molar-refractivity contribution in [1.82, 2.24) is 61.4 Å². The zero-order valence-corrected chi connectivity index (χ0v) is 51.4. The van der Waals surface area contributed by atoms with Gasteiger partial charge < -0.3 is 57.0 Å². The van der Waals surface area contributed by atoms with Crippen molar-refractivity contribution in [2.75, 3.05) is 5.75 Å². The van der Waals surface area contributed by atoms with Gasteiger partial charge in [-0.1, -0.05) is 62.5 Å². The molecule has 0 radical (unpaired) electrons. The second-order valence-corrected chi connectivity index (χ2v) is 25.5. The van der Waals surface area contributed by atoms with Gasteiger partial charge in [0.05, 0.1) is 46.5 Å². The molecule has 6 aromatic heterocycles. The van der Waals surface area contributed by atoms with E-state index in [4.69, 9.17) is 35.2 Å². The summed E-state index contributed by atoms with van der Waals surface area (Å²) in [5.41, 5.74) is 7.00. The van der Waals surface area contributed by atoms with Gasteiger partial charge in [-0.3, -0.25) is 38.6 Å². The van der Waals surface area contributed by atoms with Gasteiger partial charge in [0.2, 0.25) is 23.6 Å². The number of thiazole rings is 4. The molecule has 90 heavy (non-hydrogen) atoms. The number of nitrogens with two attached hydrogens (primary N) is 1. The van der Waals surface area contributed by atoms with Crippen LogP contribution in [0.25, 0.3) is 44.2 Å². The first-order chi connectivity index (χ1) is 43.1. The number of hydrogen-bond donors (Lipinski definition) is 9. The van der Waals surface area contributed by atoms with Crippen LogP contribution in [0.4, 0.5) is 0 Å². The van der Waals surface area contributed by atoms with Crippen molar-refractivity contribution in [3.63, 3.8) is 0 Å². The monoisotopic (exact) mass is 1310 g/mol. The van der Waals surface area contributed by atoms with Crippen molar-refractivity contribution in [1.29, 1.82) is 0 Å². The number of carboxylic acids is 1. The van der Waals surface area contributed by atoms with E-state index in [9.17, 15) is 43.8 Å². The number of benzene rings is 2. The first kappa shape index (κ1) is 62.0. The van der Waals surface area contributed by atoms with Gasteiger partial charge in [0.25, 0.3) is 23.6 Å². The van der Waals surface area contributed by atoms with E-state index in [0.29, 0.717) is 26.3 Å². The molecule has 0 unspecified atom stereocenters. The summed E-state index contributed by atoms with van der Waals surface area (Å²) in [5, 5.41) is 52.2. The number of phenolic OH excluding ortho intramolecular Hbond substituents is 1. The second-order valence-electron chi connectivity index (χ2n) is 20.9. The highest BCUT2D eigenvalue weighted by Crippen LogP contribution is 2.44. The third-order valence-electron chi connectivity index (χ3n) is 14.5. The number of phenols is 1. The highest BCUT2D eigenvalue weighted by atomic mass is 32.2. The molecule has 31 heteroatoms. The number of aliphatic hydroxyl groups is 1. The molecule has 2 aromatic carbocycles. The Kier molecular flexibility index (Phi) is 18.0. The van der Waals surface area contributed by atoms with Gasteiger partial charge in [-0.25, -0.2) is 34.7 Å². The van der Waals surface area contributed by atoms with Gasteiger partial charge in [-0.05, 0) is 61.1 Å². The molecular weight excluding hydrogens is 1260 g/mol. The number of carbonyl (C=O) groups is 8. The summed E-state index contributed by atoms with van der Waals surface area (Å²) in [6, 6.07) is 13.7. The standard InChI is InChI=1S/C59H52N14O12S5/c1-25-16-43(76)73-46(25)57-71-41(24-90-57)56-67-37(20-86-56)45-32(14-15-33(63-45)53-68-38(21-87-53)48(78)61-26(2)47(77)62-27(3)59(83)84)52-72-44(28(4)85-52)51(81)65-35(19-42(60)75)55-70-39(22-89-55)49(79)64-34(17-29-8-6-5-7-9-29)54-69-40(23-88-54)50(80)66-36(58(73)82)18-30-10-12-31(74)13-11-30/h5-15,20-22,24-25,34-36,40,43,46,74,76H,2-3,16-19,23H2,1,4H3,(H2,60,75)(H,61,78)(H,62,77)(H,64,79)(H,65,81)(H,66,80)(H,83,84)/t25-,34-,35-,36+,40-,43-,46+/m0/s1. The molecule has 460 valence electrons. The maximum atomic E-state index is 15.2. The maximum absolute atomic E-state index is 15.2. The number of aliphatic hydroxyl groups excluding tert-OH is 1. The fourth-order valence-corrected chi connectivity index (χ4v) is 14.7. The number of hydrogen-bond acceptors (Lipinski definition) is 23. The molecule has 10 N–H and O–H groups in total. The molecule has 9 heterocycles. The fraction of sp³-hybridized carbons (Fsp3) is 0.237. The van der Waals surface area contributed by atoms with Crippen molar-refractivity contribution in [2.45, 2.75) is 76.0 Å². The topological polar surface area (TPSA) is 389 Å². The van der Waals surface area contributed by atoms with E-state index in [1.165, 1.54) is 69.2 Å². The first-order valence-electron chi connectivity index (χ1n) is 27.4. The molecule has 1 fully saturated rings. The molecule has 7 amide bonds. The van der Waals surface area contributed by atoms with E-state index in [1.54, 1.807) is 35.0 Å². The summed E-state index contributed by atoms with van der Waals surface area (Å²) in [6.07, 6.45) is -1.29. The number of pyridine rings is 1. The van der Waals surface area contributed by atoms with Crippen LogP contribution in [0.2, 0.25) is 0 Å². The average Bonchev–Trinajstić information content (AvgIpc) is 1.69. The number of oxazole rings is 1. The van der Waals surface area contributed by atoms with Crippen LogP contribution in [0, 0.1) is 12.8 Å². The molecule has 11 rings (SSSR count). The van der Waals surface area contributed by atoms with Gasteiger partial charge in [-0.15, -0.1) is 57.1 Å². The SMILES string of the molecule is C=C(NC(=O)C(=C)NC(=O)c1csc(-c2ccc3c(n2)-c2csc(n2)-c2csc(n2)[C@H]2[C@@H](C)C[C@H](O)N2C(=O)[C@@H](Cc2ccc(O)cc2)NC(=O)[C@@H]2CSC(=N2)[C@H](Cc2ccccc2)NC(=O)c2csc(n2)[C@H](CC(N)=O)NC(=O)c2nc-3oc2C)n1)C(=O)O. The van der Waals surface area contributed by atoms with Crippen LogP contribution in [0.5, 0.6) is 5.75 Å². The lowest BCUT2D eigenvalue weighted by Crippen LogP contribution is -2.53. The second kappa shape index (κ2) is 26.2. The quantitative estimate of drug-likeness (QED) is 0.0662. The van der Waals surface area contributed by atoms with E-state index < -0.39 is 102 Å². The number of primary amides is 1. The van der Waals surface area contributed by atoms with Crippen LogP contribution in [0.15, 0.2) is 122 Å². The lowest BCUT2D eigenvalue weighted by Gasteiger charge is -2.32. The number of amides is 7. The summed E-state index contributed by atoms with van der Waals surface area (Å²) in [5.74, 6) is -6.92. The smallest absolute Gasteiger partial charge is 0.351 e. The molecule has 0 saturated carbocycles. The Morgan fingerprint density at radius 3 is 2.16 bits per heavy atom.